The summed E-state index contributed by atoms with van der Waals surface area (Å²) in [6.07, 6.45) is 5.89. The minimum atomic E-state index is -0.178. The highest BCUT2D eigenvalue weighted by molar-refractivity contribution is 5.79. The van der Waals surface area contributed by atoms with Gasteiger partial charge in [0.05, 0.1) is 0 Å². The molecule has 1 fully saturated rings. The van der Waals surface area contributed by atoms with E-state index in [0.717, 1.165) is 37.5 Å². The summed E-state index contributed by atoms with van der Waals surface area (Å²) in [6.45, 7) is 5.45. The smallest absolute Gasteiger partial charge is 0.190 e. The van der Waals surface area contributed by atoms with E-state index in [1.807, 2.05) is 6.07 Å². The summed E-state index contributed by atoms with van der Waals surface area (Å²) in [5, 5.41) is 6.61. The van der Waals surface area contributed by atoms with Crippen LogP contribution in [0, 0.1) is 5.82 Å². The second-order valence-electron chi connectivity index (χ2n) is 6.06. The van der Waals surface area contributed by atoms with Gasteiger partial charge in [0.1, 0.15) is 5.82 Å². The number of hydrogen-bond acceptors (Lipinski definition) is 2. The van der Waals surface area contributed by atoms with Gasteiger partial charge in [0, 0.05) is 20.1 Å². The first-order valence-electron chi connectivity index (χ1n) is 8.69. The maximum Gasteiger partial charge on any atom is 0.190 e. The molecule has 0 unspecified atom stereocenters. The zero-order chi connectivity index (χ0) is 16.3. The lowest BCUT2D eigenvalue weighted by atomic mass is 10.1. The maximum absolute atomic E-state index is 13.1. The van der Waals surface area contributed by atoms with Crippen LogP contribution in [0.2, 0.25) is 0 Å². The number of nitrogens with one attached hydrogen (secondary N) is 2. The summed E-state index contributed by atoms with van der Waals surface area (Å²) >= 11 is 0. The Bertz CT molecular complexity index is 484. The fraction of sp³-hybridized carbons (Fsp3) is 0.611. The van der Waals surface area contributed by atoms with Gasteiger partial charge in [0.2, 0.25) is 0 Å². The SMILES string of the molecule is CN=C(NCCCCN1CCCC1)NCCc1cccc(F)c1. The number of benzene rings is 1. The zero-order valence-electron chi connectivity index (χ0n) is 14.2. The minimum Gasteiger partial charge on any atom is -0.356 e. The van der Waals surface area contributed by atoms with Gasteiger partial charge in [-0.3, -0.25) is 4.99 Å². The first-order valence-corrected chi connectivity index (χ1v) is 8.69. The quantitative estimate of drug-likeness (QED) is 0.439. The number of aliphatic imine (C=N–C) groups is 1. The monoisotopic (exact) mass is 320 g/mol. The van der Waals surface area contributed by atoms with Gasteiger partial charge in [-0.05, 0) is 69.4 Å². The van der Waals surface area contributed by atoms with E-state index < -0.39 is 0 Å². The summed E-state index contributed by atoms with van der Waals surface area (Å²) in [6, 6.07) is 6.74. The Morgan fingerprint density at radius 2 is 1.96 bits per heavy atom. The van der Waals surface area contributed by atoms with E-state index in [2.05, 4.69) is 20.5 Å². The van der Waals surface area contributed by atoms with Gasteiger partial charge in [-0.2, -0.15) is 0 Å². The van der Waals surface area contributed by atoms with Crippen LogP contribution in [0.1, 0.15) is 31.2 Å². The molecule has 1 aromatic carbocycles. The van der Waals surface area contributed by atoms with Gasteiger partial charge in [0.15, 0.2) is 5.96 Å². The largest absolute Gasteiger partial charge is 0.356 e. The number of likely N-dealkylation sites (tertiary alicyclic amines) is 1. The second kappa shape index (κ2) is 10.2. The van der Waals surface area contributed by atoms with Crippen LogP contribution in [0.5, 0.6) is 0 Å². The van der Waals surface area contributed by atoms with Crippen LogP contribution in [0.4, 0.5) is 4.39 Å². The van der Waals surface area contributed by atoms with Crippen LogP contribution < -0.4 is 10.6 Å². The molecule has 1 aliphatic heterocycles. The average Bonchev–Trinajstić information content (AvgIpc) is 3.06. The lowest BCUT2D eigenvalue weighted by molar-refractivity contribution is 0.330. The van der Waals surface area contributed by atoms with E-state index in [-0.39, 0.29) is 5.82 Å². The van der Waals surface area contributed by atoms with E-state index in [1.54, 1.807) is 19.2 Å². The summed E-state index contributed by atoms with van der Waals surface area (Å²) in [5.41, 5.74) is 0.999. The van der Waals surface area contributed by atoms with Gasteiger partial charge in [0.25, 0.3) is 0 Å². The molecule has 0 amide bonds. The van der Waals surface area contributed by atoms with Crippen molar-refractivity contribution in [1.82, 2.24) is 15.5 Å². The molecule has 1 heterocycles. The third kappa shape index (κ3) is 6.99. The Hall–Kier alpha value is -1.62. The minimum absolute atomic E-state index is 0.178. The maximum atomic E-state index is 13.1. The topological polar surface area (TPSA) is 39.7 Å². The molecule has 2 N–H and O–H groups in total. The Morgan fingerprint density at radius 3 is 2.70 bits per heavy atom. The van der Waals surface area contributed by atoms with Crippen LogP contribution in [0.25, 0.3) is 0 Å². The van der Waals surface area contributed by atoms with Gasteiger partial charge in [-0.15, -0.1) is 0 Å². The Kier molecular flexibility index (Phi) is 7.87. The van der Waals surface area contributed by atoms with E-state index >= 15 is 0 Å². The molecule has 0 atom stereocenters. The molecule has 5 heteroatoms. The highest BCUT2D eigenvalue weighted by Gasteiger charge is 2.09. The number of hydrogen-bond donors (Lipinski definition) is 2. The van der Waals surface area contributed by atoms with Crippen molar-refractivity contribution in [3.8, 4) is 0 Å². The summed E-state index contributed by atoms with van der Waals surface area (Å²) in [7, 11) is 1.78. The molecular weight excluding hydrogens is 291 g/mol. The van der Waals surface area contributed by atoms with Crippen LogP contribution in [-0.2, 0) is 6.42 Å². The molecule has 4 nitrogen and oxygen atoms in total. The fourth-order valence-corrected chi connectivity index (χ4v) is 2.91. The molecule has 0 bridgehead atoms. The van der Waals surface area contributed by atoms with Crippen molar-refractivity contribution in [3.05, 3.63) is 35.6 Å². The highest BCUT2D eigenvalue weighted by Crippen LogP contribution is 2.07. The predicted octanol–water partition coefficient (Wildman–Crippen LogP) is 2.41. The molecule has 1 aliphatic rings. The molecular formula is C18H29FN4. The number of nitrogens with zero attached hydrogens (tertiary/aromatic N) is 2. The number of rotatable bonds is 8. The molecule has 128 valence electrons. The first kappa shape index (κ1) is 17.7. The van der Waals surface area contributed by atoms with Crippen molar-refractivity contribution in [2.24, 2.45) is 4.99 Å². The van der Waals surface area contributed by atoms with Gasteiger partial charge in [-0.25, -0.2) is 4.39 Å². The molecule has 23 heavy (non-hydrogen) atoms. The lowest BCUT2D eigenvalue weighted by Crippen LogP contribution is -2.38. The number of halogens is 1. The van der Waals surface area contributed by atoms with E-state index in [1.165, 1.54) is 45.0 Å². The molecule has 2 rings (SSSR count). The summed E-state index contributed by atoms with van der Waals surface area (Å²) in [5.74, 6) is 0.644. The van der Waals surface area contributed by atoms with Crippen LogP contribution in [-0.4, -0.2) is 50.6 Å². The van der Waals surface area contributed by atoms with Crippen LogP contribution >= 0.6 is 0 Å². The average molecular weight is 320 g/mol. The summed E-state index contributed by atoms with van der Waals surface area (Å²) in [4.78, 5) is 6.77. The Labute approximate surface area is 139 Å². The van der Waals surface area contributed by atoms with E-state index in [4.69, 9.17) is 0 Å². The molecule has 0 aromatic heterocycles. The van der Waals surface area contributed by atoms with Crippen molar-refractivity contribution >= 4 is 5.96 Å². The molecule has 0 spiro atoms. The predicted molar refractivity (Wildman–Crippen MR) is 94.4 cm³/mol. The van der Waals surface area contributed by atoms with Gasteiger partial charge < -0.3 is 15.5 Å². The highest BCUT2D eigenvalue weighted by atomic mass is 19.1. The standard InChI is InChI=1S/C18H29FN4/c1-20-18(21-10-2-3-12-23-13-4-5-14-23)22-11-9-16-7-6-8-17(19)15-16/h6-8,15H,2-5,9-14H2,1H3,(H2,20,21,22). The normalized spacial score (nSPS) is 15.8. The van der Waals surface area contributed by atoms with Crippen molar-refractivity contribution in [3.63, 3.8) is 0 Å². The Morgan fingerprint density at radius 1 is 1.17 bits per heavy atom. The van der Waals surface area contributed by atoms with Crippen molar-refractivity contribution in [2.45, 2.75) is 32.1 Å². The van der Waals surface area contributed by atoms with Crippen molar-refractivity contribution in [2.75, 3.05) is 39.8 Å². The summed E-state index contributed by atoms with van der Waals surface area (Å²) < 4.78 is 13.1. The lowest BCUT2D eigenvalue weighted by Gasteiger charge is -2.15. The fourth-order valence-electron chi connectivity index (χ4n) is 2.91. The van der Waals surface area contributed by atoms with Gasteiger partial charge in [-0.1, -0.05) is 12.1 Å². The number of guanidine groups is 1. The van der Waals surface area contributed by atoms with E-state index in [9.17, 15) is 4.39 Å². The third-order valence-corrected chi connectivity index (χ3v) is 4.21. The van der Waals surface area contributed by atoms with Crippen molar-refractivity contribution < 1.29 is 4.39 Å². The van der Waals surface area contributed by atoms with Crippen LogP contribution in [0.15, 0.2) is 29.3 Å². The third-order valence-electron chi connectivity index (χ3n) is 4.21. The zero-order valence-corrected chi connectivity index (χ0v) is 14.2. The molecule has 1 aromatic rings. The van der Waals surface area contributed by atoms with Crippen molar-refractivity contribution in [1.29, 1.82) is 0 Å². The second-order valence-corrected chi connectivity index (χ2v) is 6.06. The first-order chi connectivity index (χ1) is 11.3. The molecule has 0 saturated carbocycles. The van der Waals surface area contributed by atoms with E-state index in [0.29, 0.717) is 0 Å². The molecule has 1 saturated heterocycles. The van der Waals surface area contributed by atoms with Crippen LogP contribution in [0.3, 0.4) is 0 Å². The number of unbranched alkanes of at least 4 members (excludes halogenated alkanes) is 1. The molecule has 0 aliphatic carbocycles. The Balaban J connectivity index is 1.54. The van der Waals surface area contributed by atoms with Gasteiger partial charge >= 0.3 is 0 Å². The molecule has 0 radical (unpaired) electrons.